The van der Waals surface area contributed by atoms with Gasteiger partial charge in [-0.3, -0.25) is 37.3 Å². The highest BCUT2D eigenvalue weighted by molar-refractivity contribution is 7.47. The molecule has 0 aliphatic carbocycles. The molecule has 0 saturated carbocycles. The van der Waals surface area contributed by atoms with E-state index in [4.69, 9.17) is 37.0 Å². The van der Waals surface area contributed by atoms with Crippen molar-refractivity contribution in [2.24, 2.45) is 0 Å². The smallest absolute Gasteiger partial charge is 0.462 e. The first-order valence-corrected chi connectivity index (χ1v) is 42.4. The van der Waals surface area contributed by atoms with Crippen LogP contribution in [-0.4, -0.2) is 96.7 Å². The number of ether oxygens (including phenoxy) is 4. The van der Waals surface area contributed by atoms with E-state index in [1.807, 2.05) is 12.2 Å². The lowest BCUT2D eigenvalue weighted by molar-refractivity contribution is -0.161. The molecular weight excluding hydrogens is 1350 g/mol. The number of carbonyl (C=O) groups is 4. The Labute approximate surface area is 629 Å². The van der Waals surface area contributed by atoms with Crippen LogP contribution in [0.5, 0.6) is 0 Å². The number of hydrogen-bond acceptors (Lipinski definition) is 15. The van der Waals surface area contributed by atoms with Gasteiger partial charge in [-0.25, -0.2) is 9.13 Å². The van der Waals surface area contributed by atoms with Crippen molar-refractivity contribution in [2.45, 2.75) is 303 Å². The Balaban J connectivity index is 5.49. The second-order valence-corrected chi connectivity index (χ2v) is 28.4. The Bertz CT molecular complexity index is 2640. The van der Waals surface area contributed by atoms with Crippen LogP contribution in [0.2, 0.25) is 0 Å². The first-order chi connectivity index (χ1) is 50.7. The fourth-order valence-electron chi connectivity index (χ4n) is 9.76. The summed E-state index contributed by atoms with van der Waals surface area (Å²) >= 11 is 0. The molecule has 0 aromatic rings. The Morgan fingerprint density at radius 3 is 0.808 bits per heavy atom. The van der Waals surface area contributed by atoms with Crippen LogP contribution in [0.3, 0.4) is 0 Å². The normalized spacial score (nSPS) is 14.8. The van der Waals surface area contributed by atoms with Gasteiger partial charge in [0.2, 0.25) is 0 Å². The van der Waals surface area contributed by atoms with Crippen molar-refractivity contribution >= 4 is 39.5 Å². The van der Waals surface area contributed by atoms with Gasteiger partial charge in [-0.1, -0.05) is 262 Å². The van der Waals surface area contributed by atoms with E-state index in [0.717, 1.165) is 180 Å². The van der Waals surface area contributed by atoms with Crippen LogP contribution in [0.25, 0.3) is 0 Å². The van der Waals surface area contributed by atoms with Crippen molar-refractivity contribution < 1.29 is 80.2 Å². The zero-order valence-corrected chi connectivity index (χ0v) is 66.2. The largest absolute Gasteiger partial charge is 0.472 e. The number of aliphatic hydroxyl groups excluding tert-OH is 1. The average Bonchev–Trinajstić information content (AvgIpc) is 0.926. The van der Waals surface area contributed by atoms with Crippen molar-refractivity contribution in [1.82, 2.24) is 0 Å². The summed E-state index contributed by atoms with van der Waals surface area (Å²) in [5, 5.41) is 10.6. The SMILES string of the molecule is CC/C=C\C/C=C\C/C=C\C/C=C\C/C=C\CCCC(=O)OCC(COP(=O)(O)OCC(O)COP(=O)(O)OCC(COC(=O)CCCCCCC/C=C\C/C=C\C/C=C\CC)OC(=O)CCCCCCC/C=C\C/C=C\CCCCC)OC(=O)CCCCCC/C=C\C/C=C\C/C=C\C/C=C\CC. The highest BCUT2D eigenvalue weighted by atomic mass is 31.2. The number of aliphatic hydroxyl groups is 1. The van der Waals surface area contributed by atoms with Crippen LogP contribution in [0, 0.1) is 0 Å². The molecule has 0 rings (SSSR count). The number of rotatable bonds is 72. The van der Waals surface area contributed by atoms with Gasteiger partial charge < -0.3 is 33.8 Å². The van der Waals surface area contributed by atoms with Gasteiger partial charge in [-0.2, -0.15) is 0 Å². The topological polar surface area (TPSA) is 237 Å². The number of phosphoric acid groups is 2. The van der Waals surface area contributed by atoms with Gasteiger partial charge in [0.15, 0.2) is 12.2 Å². The summed E-state index contributed by atoms with van der Waals surface area (Å²) in [6.45, 7) is 4.36. The van der Waals surface area contributed by atoms with Gasteiger partial charge in [0, 0.05) is 25.7 Å². The predicted molar refractivity (Wildman–Crippen MR) is 426 cm³/mol. The lowest BCUT2D eigenvalue weighted by Gasteiger charge is -2.21. The molecule has 0 heterocycles. The van der Waals surface area contributed by atoms with E-state index in [1.165, 1.54) is 19.3 Å². The van der Waals surface area contributed by atoms with Gasteiger partial charge in [-0.15, -0.1) is 0 Å². The number of unbranched alkanes of at least 4 members (excludes halogenated alkanes) is 18. The Kier molecular flexibility index (Phi) is 71.6. The van der Waals surface area contributed by atoms with E-state index in [9.17, 15) is 43.2 Å². The van der Waals surface area contributed by atoms with Gasteiger partial charge in [0.25, 0.3) is 0 Å². The zero-order chi connectivity index (χ0) is 76.0. The molecule has 0 radical (unpaired) electrons. The van der Waals surface area contributed by atoms with Crippen LogP contribution in [0.4, 0.5) is 0 Å². The highest BCUT2D eigenvalue weighted by Gasteiger charge is 2.30. The van der Waals surface area contributed by atoms with E-state index >= 15 is 0 Å². The third-order valence-corrected chi connectivity index (χ3v) is 17.6. The van der Waals surface area contributed by atoms with Crippen LogP contribution < -0.4 is 0 Å². The minimum atomic E-state index is -5.01. The molecule has 3 N–H and O–H groups in total. The van der Waals surface area contributed by atoms with Crippen molar-refractivity contribution in [3.8, 4) is 0 Å². The predicted octanol–water partition coefficient (Wildman–Crippen LogP) is 23.0. The Morgan fingerprint density at radius 2 is 0.510 bits per heavy atom. The van der Waals surface area contributed by atoms with Crippen molar-refractivity contribution in [2.75, 3.05) is 39.6 Å². The monoisotopic (exact) mass is 1490 g/mol. The summed E-state index contributed by atoms with van der Waals surface area (Å²) in [5.74, 6) is -2.32. The Hall–Kier alpha value is -5.58. The molecule has 0 aliphatic rings. The number of hydrogen-bond donors (Lipinski definition) is 3. The van der Waals surface area contributed by atoms with Crippen LogP contribution in [0.15, 0.2) is 170 Å². The van der Waals surface area contributed by atoms with Gasteiger partial charge in [0.1, 0.15) is 19.3 Å². The molecule has 0 amide bonds. The molecule has 17 nitrogen and oxygen atoms in total. The minimum absolute atomic E-state index is 0.0477. The van der Waals surface area contributed by atoms with Crippen LogP contribution in [-0.2, 0) is 65.4 Å². The summed E-state index contributed by atoms with van der Waals surface area (Å²) in [7, 11) is -10.0. The molecular formula is C85H138O17P2. The molecule has 0 aliphatic heterocycles. The standard InChI is InChI=1S/C85H138O17P2/c1-5-9-13-17-21-25-29-33-37-39-43-46-50-54-58-62-66-70-83(88)96-76-81(102-85(90)72-68-64-60-56-52-48-44-40-38-34-30-26-22-18-14-10-6-2)78-100-104(93,94)98-74-79(86)73-97-103(91,92)99-77-80(101-84(89)71-67-63-59-55-51-47-42-36-32-28-24-20-16-12-8-4)75-95-82(87)69-65-61-57-53-49-45-41-35-31-27-23-19-15-11-7-3/h9-11,13-15,21-28,33-38,41-44,46,48,54,58,79-81,86H,5-8,12,16-20,29-32,39-40,45,47,49-53,55-57,59-78H2,1-4H3,(H,91,92)(H,93,94)/b13-9-,14-10-,15-11-,25-21-,26-22-,27-23-,28-24-,37-33-,38-34-,41-35-,42-36-,46-43-,48-44-,58-54-. The molecule has 590 valence electrons. The minimum Gasteiger partial charge on any atom is -0.462 e. The quantitative estimate of drug-likeness (QED) is 0.0169. The maximum atomic E-state index is 13.1. The van der Waals surface area contributed by atoms with E-state index in [1.54, 1.807) is 0 Å². The van der Waals surface area contributed by atoms with E-state index in [2.05, 4.69) is 186 Å². The summed E-state index contributed by atoms with van der Waals surface area (Å²) in [5.41, 5.74) is 0. The molecule has 0 fully saturated rings. The molecule has 0 aromatic carbocycles. The molecule has 0 bridgehead atoms. The van der Waals surface area contributed by atoms with E-state index in [-0.39, 0.29) is 25.7 Å². The number of esters is 4. The lowest BCUT2D eigenvalue weighted by Crippen LogP contribution is -2.30. The summed E-state index contributed by atoms with van der Waals surface area (Å²) in [6, 6.07) is 0. The fourth-order valence-corrected chi connectivity index (χ4v) is 11.3. The second-order valence-electron chi connectivity index (χ2n) is 25.5. The first kappa shape index (κ1) is 98.4. The van der Waals surface area contributed by atoms with Crippen molar-refractivity contribution in [3.05, 3.63) is 170 Å². The first-order valence-electron chi connectivity index (χ1n) is 39.4. The van der Waals surface area contributed by atoms with Crippen LogP contribution >= 0.6 is 15.6 Å². The number of phosphoric ester groups is 2. The highest BCUT2D eigenvalue weighted by Crippen LogP contribution is 2.45. The maximum absolute atomic E-state index is 13.1. The maximum Gasteiger partial charge on any atom is 0.472 e. The zero-order valence-electron chi connectivity index (χ0n) is 64.4. The molecule has 5 unspecified atom stereocenters. The summed E-state index contributed by atoms with van der Waals surface area (Å²) in [6.07, 6.45) is 89.1. The second kappa shape index (κ2) is 75.6. The molecule has 19 heteroatoms. The summed E-state index contributed by atoms with van der Waals surface area (Å²) < 4.78 is 68.5. The summed E-state index contributed by atoms with van der Waals surface area (Å²) in [4.78, 5) is 73.0. The molecule has 104 heavy (non-hydrogen) atoms. The van der Waals surface area contributed by atoms with E-state index in [0.29, 0.717) is 32.1 Å². The Morgan fingerprint density at radius 1 is 0.279 bits per heavy atom. The van der Waals surface area contributed by atoms with Gasteiger partial charge in [0.05, 0.1) is 26.4 Å². The van der Waals surface area contributed by atoms with Crippen molar-refractivity contribution in [3.63, 3.8) is 0 Å². The molecule has 5 atom stereocenters. The third-order valence-electron chi connectivity index (χ3n) is 15.7. The number of allylic oxidation sites excluding steroid dienone is 28. The van der Waals surface area contributed by atoms with Crippen LogP contribution in [0.1, 0.15) is 285 Å². The molecule has 0 aromatic heterocycles. The van der Waals surface area contributed by atoms with Crippen molar-refractivity contribution in [1.29, 1.82) is 0 Å². The van der Waals surface area contributed by atoms with E-state index < -0.39 is 97.5 Å². The van der Waals surface area contributed by atoms with Gasteiger partial charge in [-0.05, 0) is 167 Å². The average molecular weight is 1490 g/mol. The molecule has 0 spiro atoms. The molecule has 0 saturated heterocycles. The third kappa shape index (κ3) is 74.7. The fraction of sp³-hybridized carbons (Fsp3) is 0.624. The van der Waals surface area contributed by atoms with Gasteiger partial charge >= 0.3 is 39.5 Å². The number of carbonyl (C=O) groups excluding carboxylic acids is 4. The lowest BCUT2D eigenvalue weighted by atomic mass is 10.1.